The largest absolute Gasteiger partial charge is 0.379 e. The van der Waals surface area contributed by atoms with Gasteiger partial charge in [0.05, 0.1) is 32.3 Å². The lowest BCUT2D eigenvalue weighted by atomic mass is 9.78. The first-order valence-corrected chi connectivity index (χ1v) is 10.3. The van der Waals surface area contributed by atoms with Gasteiger partial charge in [-0.05, 0) is 18.4 Å². The van der Waals surface area contributed by atoms with E-state index in [2.05, 4.69) is 15.1 Å². The highest BCUT2D eigenvalue weighted by Crippen LogP contribution is 2.40. The standard InChI is InChI=1S/C20H29N5O4/c21-18(26)12-24-10-14-8-15(11-24)17(25-16(14)2-1-3-20(25)28)9-22-19(27)13-23-4-6-29-7-5-23/h1-3,14-15,17H,4-13H2,(H2,21,26)(H,22,27)/t14-,15+,17+/m1/s1. The number of fused-ring (bicyclic) bond motifs is 4. The van der Waals surface area contributed by atoms with Crippen LogP contribution >= 0.6 is 0 Å². The van der Waals surface area contributed by atoms with E-state index in [4.69, 9.17) is 10.5 Å². The van der Waals surface area contributed by atoms with Crippen molar-refractivity contribution < 1.29 is 14.3 Å². The van der Waals surface area contributed by atoms with E-state index in [0.29, 0.717) is 32.8 Å². The fourth-order valence-electron chi connectivity index (χ4n) is 4.98. The van der Waals surface area contributed by atoms with Gasteiger partial charge in [-0.3, -0.25) is 24.2 Å². The number of carbonyl (C=O) groups is 2. The monoisotopic (exact) mass is 403 g/mol. The Labute approximate surface area is 169 Å². The molecular weight excluding hydrogens is 374 g/mol. The molecule has 0 aromatic carbocycles. The maximum absolute atomic E-state index is 12.7. The number of likely N-dealkylation sites (tertiary alicyclic amines) is 1. The molecule has 9 heteroatoms. The molecule has 9 nitrogen and oxygen atoms in total. The van der Waals surface area contributed by atoms with Crippen LogP contribution in [0.15, 0.2) is 23.0 Å². The molecule has 3 aliphatic heterocycles. The van der Waals surface area contributed by atoms with Gasteiger partial charge in [0.15, 0.2) is 0 Å². The highest BCUT2D eigenvalue weighted by molar-refractivity contribution is 5.78. The fourth-order valence-corrected chi connectivity index (χ4v) is 4.98. The second-order valence-corrected chi connectivity index (χ2v) is 8.27. The Hall–Kier alpha value is -2.23. The predicted molar refractivity (Wildman–Crippen MR) is 106 cm³/mol. The van der Waals surface area contributed by atoms with Crippen molar-refractivity contribution in [3.63, 3.8) is 0 Å². The van der Waals surface area contributed by atoms with Crippen molar-refractivity contribution in [2.24, 2.45) is 11.7 Å². The molecule has 2 saturated heterocycles. The van der Waals surface area contributed by atoms with Crippen LogP contribution in [0, 0.1) is 5.92 Å². The second kappa shape index (κ2) is 8.64. The summed E-state index contributed by atoms with van der Waals surface area (Å²) < 4.78 is 7.18. The molecule has 29 heavy (non-hydrogen) atoms. The SMILES string of the molecule is NC(=O)CN1C[C@H]2C[C@@H](C1)[C@H](CNC(=O)CN1CCOCC1)n1c2cccc1=O. The van der Waals surface area contributed by atoms with Crippen LogP contribution in [0.3, 0.4) is 0 Å². The number of morpholine rings is 1. The second-order valence-electron chi connectivity index (χ2n) is 8.27. The molecule has 0 spiro atoms. The summed E-state index contributed by atoms with van der Waals surface area (Å²) in [4.78, 5) is 40.7. The molecule has 4 heterocycles. The quantitative estimate of drug-likeness (QED) is 0.614. The van der Waals surface area contributed by atoms with Crippen molar-refractivity contribution in [1.29, 1.82) is 0 Å². The molecule has 1 aromatic heterocycles. The fraction of sp³-hybridized carbons (Fsp3) is 0.650. The van der Waals surface area contributed by atoms with Crippen molar-refractivity contribution in [3.05, 3.63) is 34.2 Å². The van der Waals surface area contributed by atoms with Gasteiger partial charge in [-0.25, -0.2) is 0 Å². The van der Waals surface area contributed by atoms with E-state index >= 15 is 0 Å². The number of rotatable bonds is 6. The van der Waals surface area contributed by atoms with Crippen LogP contribution in [-0.2, 0) is 14.3 Å². The average molecular weight is 403 g/mol. The summed E-state index contributed by atoms with van der Waals surface area (Å²) in [5.74, 6) is 0.00170. The van der Waals surface area contributed by atoms with Crippen molar-refractivity contribution in [1.82, 2.24) is 19.7 Å². The zero-order valence-corrected chi connectivity index (χ0v) is 16.6. The number of primary amides is 1. The lowest BCUT2D eigenvalue weighted by molar-refractivity contribution is -0.123. The Balaban J connectivity index is 1.48. The molecule has 158 valence electrons. The molecule has 2 bridgehead atoms. The Morgan fingerprint density at radius 1 is 1.14 bits per heavy atom. The summed E-state index contributed by atoms with van der Waals surface area (Å²) in [6.45, 7) is 5.20. The molecule has 0 aliphatic carbocycles. The first kappa shape index (κ1) is 20.1. The number of ether oxygens (including phenoxy) is 1. The minimum atomic E-state index is -0.342. The summed E-state index contributed by atoms with van der Waals surface area (Å²) in [5.41, 5.74) is 6.36. The highest BCUT2D eigenvalue weighted by Gasteiger charge is 2.40. The molecule has 0 radical (unpaired) electrons. The van der Waals surface area contributed by atoms with Crippen molar-refractivity contribution in [2.45, 2.75) is 18.4 Å². The Morgan fingerprint density at radius 3 is 2.69 bits per heavy atom. The zero-order chi connectivity index (χ0) is 20.4. The normalized spacial score (nSPS) is 27.2. The Morgan fingerprint density at radius 2 is 1.93 bits per heavy atom. The molecule has 3 N–H and O–H groups in total. The highest BCUT2D eigenvalue weighted by atomic mass is 16.5. The van der Waals surface area contributed by atoms with E-state index in [-0.39, 0.29) is 41.8 Å². The molecule has 4 rings (SSSR count). The van der Waals surface area contributed by atoms with E-state index in [1.165, 1.54) is 0 Å². The predicted octanol–water partition coefficient (Wildman–Crippen LogP) is -1.26. The van der Waals surface area contributed by atoms with E-state index < -0.39 is 0 Å². The number of aromatic nitrogens is 1. The van der Waals surface area contributed by atoms with Crippen LogP contribution < -0.4 is 16.6 Å². The summed E-state index contributed by atoms with van der Waals surface area (Å²) in [5, 5.41) is 3.04. The molecule has 3 atom stereocenters. The van der Waals surface area contributed by atoms with Crippen LogP contribution in [0.4, 0.5) is 0 Å². The van der Waals surface area contributed by atoms with Gasteiger partial charge in [-0.1, -0.05) is 6.07 Å². The van der Waals surface area contributed by atoms with Crippen molar-refractivity contribution in [3.8, 4) is 0 Å². The van der Waals surface area contributed by atoms with Crippen LogP contribution in [0.5, 0.6) is 0 Å². The third-order valence-electron chi connectivity index (χ3n) is 6.23. The maximum Gasteiger partial charge on any atom is 0.251 e. The number of amides is 2. The number of piperidine rings is 1. The Bertz CT molecular complexity index is 819. The smallest absolute Gasteiger partial charge is 0.251 e. The van der Waals surface area contributed by atoms with Gasteiger partial charge in [0.2, 0.25) is 11.8 Å². The first-order valence-electron chi connectivity index (χ1n) is 10.3. The zero-order valence-electron chi connectivity index (χ0n) is 16.6. The molecule has 3 aliphatic rings. The molecule has 0 unspecified atom stereocenters. The summed E-state index contributed by atoms with van der Waals surface area (Å²) in [6, 6.07) is 5.22. The van der Waals surface area contributed by atoms with Crippen LogP contribution in [0.25, 0.3) is 0 Å². The minimum absolute atomic E-state index is 0.0343. The van der Waals surface area contributed by atoms with Crippen molar-refractivity contribution >= 4 is 11.8 Å². The average Bonchev–Trinajstić information content (AvgIpc) is 2.68. The number of nitrogens with one attached hydrogen (secondary N) is 1. The van der Waals surface area contributed by atoms with Crippen LogP contribution in [0.2, 0.25) is 0 Å². The van der Waals surface area contributed by atoms with E-state index in [9.17, 15) is 14.4 Å². The first-order chi connectivity index (χ1) is 14.0. The molecule has 2 fully saturated rings. The number of pyridine rings is 1. The number of carbonyl (C=O) groups excluding carboxylic acids is 2. The van der Waals surface area contributed by atoms with Gasteiger partial charge < -0.3 is 20.4 Å². The third-order valence-corrected chi connectivity index (χ3v) is 6.23. The number of hydrogen-bond donors (Lipinski definition) is 2. The Kier molecular flexibility index (Phi) is 5.98. The van der Waals surface area contributed by atoms with Crippen LogP contribution in [-0.4, -0.2) is 85.2 Å². The van der Waals surface area contributed by atoms with E-state index in [0.717, 1.165) is 31.7 Å². The topological polar surface area (TPSA) is 110 Å². The molecular formula is C20H29N5O4. The molecule has 1 aromatic rings. The summed E-state index contributed by atoms with van der Waals surface area (Å²) >= 11 is 0. The number of nitrogens with two attached hydrogens (primary N) is 1. The maximum atomic E-state index is 12.7. The minimum Gasteiger partial charge on any atom is -0.379 e. The van der Waals surface area contributed by atoms with Crippen molar-refractivity contribution in [2.75, 3.05) is 59.0 Å². The van der Waals surface area contributed by atoms with E-state index in [1.807, 2.05) is 10.6 Å². The third kappa shape index (κ3) is 4.52. The van der Waals surface area contributed by atoms with E-state index in [1.54, 1.807) is 12.1 Å². The summed E-state index contributed by atoms with van der Waals surface area (Å²) in [7, 11) is 0. The summed E-state index contributed by atoms with van der Waals surface area (Å²) in [6.07, 6.45) is 0.947. The van der Waals surface area contributed by atoms with Gasteiger partial charge in [0.25, 0.3) is 5.56 Å². The van der Waals surface area contributed by atoms with Gasteiger partial charge in [0.1, 0.15) is 0 Å². The molecule has 2 amide bonds. The number of nitrogens with zero attached hydrogens (tertiary/aromatic N) is 3. The molecule has 0 saturated carbocycles. The van der Waals surface area contributed by atoms with Gasteiger partial charge >= 0.3 is 0 Å². The lowest BCUT2D eigenvalue weighted by Gasteiger charge is -2.46. The van der Waals surface area contributed by atoms with Crippen LogP contribution in [0.1, 0.15) is 24.1 Å². The van der Waals surface area contributed by atoms with Gasteiger partial charge in [-0.2, -0.15) is 0 Å². The van der Waals surface area contributed by atoms with Gasteiger partial charge in [0, 0.05) is 50.4 Å². The number of hydrogen-bond acceptors (Lipinski definition) is 6. The lowest BCUT2D eigenvalue weighted by Crippen LogP contribution is -2.53. The van der Waals surface area contributed by atoms with Gasteiger partial charge in [-0.15, -0.1) is 0 Å².